The molecule has 2 unspecified atom stereocenters. The van der Waals surface area contributed by atoms with Crippen LogP contribution in [-0.4, -0.2) is 83.6 Å². The number of nitrogens with zero attached hydrogens (tertiary/aromatic N) is 3. The number of hydrogen-bond acceptors (Lipinski definition) is 6. The molecule has 1 amide bonds. The van der Waals surface area contributed by atoms with Crippen LogP contribution in [0.15, 0.2) is 36.1 Å². The topological polar surface area (TPSA) is 90.9 Å². The molecule has 2 N–H and O–H groups in total. The minimum absolute atomic E-state index is 0.0108. The van der Waals surface area contributed by atoms with Gasteiger partial charge >= 0.3 is 0 Å². The molecule has 192 valence electrons. The zero-order valence-corrected chi connectivity index (χ0v) is 20.8. The second-order valence-electron chi connectivity index (χ2n) is 10.7. The fraction of sp³-hybridized carbons (Fsp3) is 0.571. The Morgan fingerprint density at radius 3 is 2.81 bits per heavy atom. The number of fused-ring (bicyclic) bond motifs is 2. The SMILES string of the molecule is O=C(c1cc2c(CC3CCCC3)n[nH]c2cc1O)N1CC2C=CC(OCCN3CCOCC3)=CC2C1. The minimum Gasteiger partial charge on any atom is -0.507 e. The van der Waals surface area contributed by atoms with Gasteiger partial charge in [-0.05, 0) is 30.6 Å². The first-order valence-electron chi connectivity index (χ1n) is 13.5. The number of carbonyl (C=O) groups is 1. The molecule has 1 aromatic carbocycles. The average Bonchev–Trinajstić information content (AvgIpc) is 3.64. The molecule has 3 fully saturated rings. The number of hydrogen-bond donors (Lipinski definition) is 2. The maximum absolute atomic E-state index is 13.5. The van der Waals surface area contributed by atoms with Crippen molar-refractivity contribution in [2.45, 2.75) is 32.1 Å². The van der Waals surface area contributed by atoms with E-state index in [-0.39, 0.29) is 23.5 Å². The second-order valence-corrected chi connectivity index (χ2v) is 10.7. The van der Waals surface area contributed by atoms with Crippen LogP contribution in [0.4, 0.5) is 0 Å². The van der Waals surface area contributed by atoms with Crippen molar-refractivity contribution < 1.29 is 19.4 Å². The Kier molecular flexibility index (Phi) is 6.71. The maximum atomic E-state index is 13.5. The van der Waals surface area contributed by atoms with E-state index in [1.54, 1.807) is 6.07 Å². The molecule has 8 heteroatoms. The number of amides is 1. The number of phenolic OH excluding ortho intramolecular Hbond substituents is 1. The molecule has 0 radical (unpaired) electrons. The normalized spacial score (nSPS) is 24.9. The third-order valence-corrected chi connectivity index (χ3v) is 8.31. The van der Waals surface area contributed by atoms with E-state index in [1.807, 2.05) is 17.0 Å². The van der Waals surface area contributed by atoms with Crippen LogP contribution in [0.3, 0.4) is 0 Å². The summed E-state index contributed by atoms with van der Waals surface area (Å²) in [6.07, 6.45) is 12.4. The Morgan fingerprint density at radius 2 is 1.97 bits per heavy atom. The van der Waals surface area contributed by atoms with Crippen LogP contribution < -0.4 is 0 Å². The Balaban J connectivity index is 1.11. The van der Waals surface area contributed by atoms with Crippen molar-refractivity contribution in [1.29, 1.82) is 0 Å². The summed E-state index contributed by atoms with van der Waals surface area (Å²) in [5, 5.41) is 19.2. The summed E-state index contributed by atoms with van der Waals surface area (Å²) in [7, 11) is 0. The molecule has 2 aromatic rings. The fourth-order valence-corrected chi connectivity index (χ4v) is 6.19. The monoisotopic (exact) mass is 492 g/mol. The molecule has 2 saturated heterocycles. The molecule has 0 bridgehead atoms. The molecule has 3 heterocycles. The number of aromatic hydroxyl groups is 1. The quantitative estimate of drug-likeness (QED) is 0.615. The van der Waals surface area contributed by atoms with Gasteiger partial charge in [0, 0.05) is 56.0 Å². The molecular formula is C28H36N4O4. The van der Waals surface area contributed by atoms with E-state index in [4.69, 9.17) is 9.47 Å². The van der Waals surface area contributed by atoms with E-state index in [0.29, 0.717) is 31.2 Å². The zero-order chi connectivity index (χ0) is 24.5. The van der Waals surface area contributed by atoms with Gasteiger partial charge in [-0.15, -0.1) is 0 Å². The number of nitrogens with one attached hydrogen (secondary N) is 1. The number of benzene rings is 1. The van der Waals surface area contributed by atoms with Crippen LogP contribution in [0.1, 0.15) is 41.7 Å². The van der Waals surface area contributed by atoms with Gasteiger partial charge < -0.3 is 19.5 Å². The third kappa shape index (κ3) is 4.89. The van der Waals surface area contributed by atoms with Crippen molar-refractivity contribution in [3.05, 3.63) is 47.4 Å². The standard InChI is InChI=1S/C28H36N4O4/c33-27-16-26-23(25(29-30-26)13-19-3-1-2-4-19)15-24(27)28(34)32-17-20-5-6-22(14-21(20)18-32)36-12-9-31-7-10-35-11-8-31/h5-6,14-16,19-21,33H,1-4,7-13,17-18H2,(H,29,30). The second kappa shape index (κ2) is 10.3. The van der Waals surface area contributed by atoms with E-state index in [1.165, 1.54) is 25.7 Å². The number of aromatic nitrogens is 2. The number of ether oxygens (including phenoxy) is 2. The first-order chi connectivity index (χ1) is 17.6. The van der Waals surface area contributed by atoms with Gasteiger partial charge in [0.2, 0.25) is 0 Å². The molecule has 1 aromatic heterocycles. The lowest BCUT2D eigenvalue weighted by Crippen LogP contribution is -2.38. The molecule has 2 atom stereocenters. The average molecular weight is 493 g/mol. The highest BCUT2D eigenvalue weighted by Gasteiger charge is 2.36. The van der Waals surface area contributed by atoms with Crippen LogP contribution in [-0.2, 0) is 15.9 Å². The van der Waals surface area contributed by atoms with Crippen LogP contribution in [0.2, 0.25) is 0 Å². The van der Waals surface area contributed by atoms with Gasteiger partial charge in [-0.2, -0.15) is 5.10 Å². The molecule has 0 spiro atoms. The summed E-state index contributed by atoms with van der Waals surface area (Å²) in [6.45, 7) is 6.32. The van der Waals surface area contributed by atoms with Crippen molar-refractivity contribution in [3.63, 3.8) is 0 Å². The summed E-state index contributed by atoms with van der Waals surface area (Å²) in [5.41, 5.74) is 2.16. The Hall–Kier alpha value is -2.84. The van der Waals surface area contributed by atoms with Gasteiger partial charge in [0.15, 0.2) is 0 Å². The summed E-state index contributed by atoms with van der Waals surface area (Å²) in [5.74, 6) is 1.95. The van der Waals surface area contributed by atoms with Crippen molar-refractivity contribution in [1.82, 2.24) is 20.0 Å². The number of aromatic amines is 1. The summed E-state index contributed by atoms with van der Waals surface area (Å²) < 4.78 is 11.4. The first kappa shape index (κ1) is 23.6. The van der Waals surface area contributed by atoms with E-state index >= 15 is 0 Å². The molecular weight excluding hydrogens is 456 g/mol. The van der Waals surface area contributed by atoms with Gasteiger partial charge in [0.25, 0.3) is 5.91 Å². The van der Waals surface area contributed by atoms with E-state index in [9.17, 15) is 9.90 Å². The van der Waals surface area contributed by atoms with E-state index in [2.05, 4.69) is 27.2 Å². The van der Waals surface area contributed by atoms with Crippen molar-refractivity contribution in [2.75, 3.05) is 52.5 Å². The lowest BCUT2D eigenvalue weighted by molar-refractivity contribution is 0.0279. The molecule has 4 aliphatic rings. The predicted octanol–water partition coefficient (Wildman–Crippen LogP) is 3.49. The highest BCUT2D eigenvalue weighted by molar-refractivity contribution is 6.01. The molecule has 36 heavy (non-hydrogen) atoms. The molecule has 1 saturated carbocycles. The van der Waals surface area contributed by atoms with Crippen LogP contribution in [0, 0.1) is 17.8 Å². The van der Waals surface area contributed by atoms with Gasteiger partial charge in [0.1, 0.15) is 18.1 Å². The smallest absolute Gasteiger partial charge is 0.257 e. The summed E-state index contributed by atoms with van der Waals surface area (Å²) >= 11 is 0. The number of H-pyrrole nitrogens is 1. The van der Waals surface area contributed by atoms with Crippen LogP contribution in [0.25, 0.3) is 10.9 Å². The Bertz CT molecular complexity index is 1160. The largest absolute Gasteiger partial charge is 0.507 e. The lowest BCUT2D eigenvalue weighted by Gasteiger charge is -2.26. The molecule has 6 rings (SSSR count). The number of morpholine rings is 1. The van der Waals surface area contributed by atoms with Gasteiger partial charge in [0.05, 0.1) is 30.0 Å². The highest BCUT2D eigenvalue weighted by Crippen LogP contribution is 2.35. The number of carbonyl (C=O) groups excluding carboxylic acids is 1. The van der Waals surface area contributed by atoms with Crippen molar-refractivity contribution in [2.24, 2.45) is 17.8 Å². The van der Waals surface area contributed by atoms with E-state index in [0.717, 1.165) is 61.6 Å². The minimum atomic E-state index is -0.117. The number of rotatable bonds is 7. The lowest BCUT2D eigenvalue weighted by atomic mass is 9.91. The predicted molar refractivity (Wildman–Crippen MR) is 137 cm³/mol. The molecule has 8 nitrogen and oxygen atoms in total. The van der Waals surface area contributed by atoms with E-state index < -0.39 is 0 Å². The number of likely N-dealkylation sites (tertiary alicyclic amines) is 1. The maximum Gasteiger partial charge on any atom is 0.257 e. The summed E-state index contributed by atoms with van der Waals surface area (Å²) in [6, 6.07) is 3.49. The summed E-state index contributed by atoms with van der Waals surface area (Å²) in [4.78, 5) is 17.7. The number of allylic oxidation sites excluding steroid dienone is 1. The van der Waals surface area contributed by atoms with Crippen LogP contribution in [0.5, 0.6) is 5.75 Å². The Labute approximate surface area is 211 Å². The fourth-order valence-electron chi connectivity index (χ4n) is 6.19. The molecule has 2 aliphatic heterocycles. The van der Waals surface area contributed by atoms with Gasteiger partial charge in [-0.1, -0.05) is 31.8 Å². The number of phenols is 1. The third-order valence-electron chi connectivity index (χ3n) is 8.31. The highest BCUT2D eigenvalue weighted by atomic mass is 16.5. The van der Waals surface area contributed by atoms with Crippen molar-refractivity contribution in [3.8, 4) is 5.75 Å². The van der Waals surface area contributed by atoms with Crippen molar-refractivity contribution >= 4 is 16.8 Å². The molecule has 2 aliphatic carbocycles. The van der Waals surface area contributed by atoms with Gasteiger partial charge in [-0.25, -0.2) is 0 Å². The first-order valence-corrected chi connectivity index (χ1v) is 13.5. The van der Waals surface area contributed by atoms with Crippen LogP contribution >= 0.6 is 0 Å². The zero-order valence-electron chi connectivity index (χ0n) is 20.8. The van der Waals surface area contributed by atoms with Gasteiger partial charge in [-0.3, -0.25) is 14.8 Å². The Morgan fingerprint density at radius 1 is 1.17 bits per heavy atom.